The summed E-state index contributed by atoms with van der Waals surface area (Å²) in [5, 5.41) is -0.0946. The summed E-state index contributed by atoms with van der Waals surface area (Å²) < 4.78 is 47.2. The molecule has 1 aromatic heterocycles. The van der Waals surface area contributed by atoms with Crippen LogP contribution in [0.2, 0.25) is 0 Å². The van der Waals surface area contributed by atoms with Crippen LogP contribution in [-0.2, 0) is 44.6 Å². The predicted molar refractivity (Wildman–Crippen MR) is 142 cm³/mol. The number of carbonyl (C=O) groups excluding carboxylic acids is 1. The van der Waals surface area contributed by atoms with Crippen LogP contribution in [-0.4, -0.2) is 49.0 Å². The highest BCUT2D eigenvalue weighted by molar-refractivity contribution is 7.90. The van der Waals surface area contributed by atoms with E-state index < -0.39 is 15.7 Å². The van der Waals surface area contributed by atoms with Gasteiger partial charge in [0.1, 0.15) is 5.82 Å². The average molecular weight is 536 g/mol. The Morgan fingerprint density at radius 2 is 1.55 bits per heavy atom. The fourth-order valence-electron chi connectivity index (χ4n) is 4.14. The lowest BCUT2D eigenvalue weighted by molar-refractivity contribution is -0.131. The molecular formula is C29H30FN3O4S. The van der Waals surface area contributed by atoms with Crippen molar-refractivity contribution >= 4 is 15.7 Å². The molecule has 198 valence electrons. The second-order valence-electron chi connectivity index (χ2n) is 8.96. The summed E-state index contributed by atoms with van der Waals surface area (Å²) in [5.41, 5.74) is 2.83. The van der Waals surface area contributed by atoms with Gasteiger partial charge in [-0.2, -0.15) is 0 Å². The average Bonchev–Trinajstić information content (AvgIpc) is 3.31. The Kier molecular flexibility index (Phi) is 9.04. The number of sulfone groups is 1. The number of aromatic nitrogens is 2. The van der Waals surface area contributed by atoms with Gasteiger partial charge in [0.25, 0.3) is 0 Å². The number of imidazole rings is 1. The third-order valence-electron chi connectivity index (χ3n) is 6.10. The maximum atomic E-state index is 13.5. The molecule has 0 aliphatic rings. The van der Waals surface area contributed by atoms with Crippen LogP contribution in [0.3, 0.4) is 0 Å². The minimum Gasteiger partial charge on any atom is -0.383 e. The van der Waals surface area contributed by atoms with E-state index in [1.165, 1.54) is 30.5 Å². The fourth-order valence-corrected chi connectivity index (χ4v) is 5.63. The number of ether oxygens (including phenoxy) is 1. The van der Waals surface area contributed by atoms with Crippen LogP contribution in [0.25, 0.3) is 0 Å². The van der Waals surface area contributed by atoms with Gasteiger partial charge in [-0.25, -0.2) is 17.8 Å². The summed E-state index contributed by atoms with van der Waals surface area (Å²) in [6.45, 7) is 1.11. The van der Waals surface area contributed by atoms with Gasteiger partial charge in [0, 0.05) is 13.7 Å². The molecule has 7 nitrogen and oxygen atoms in total. The molecule has 0 N–H and O–H groups in total. The van der Waals surface area contributed by atoms with Crippen molar-refractivity contribution in [3.8, 4) is 0 Å². The van der Waals surface area contributed by atoms with Gasteiger partial charge in [-0.05, 0) is 28.8 Å². The second kappa shape index (κ2) is 12.6. The first-order chi connectivity index (χ1) is 18.4. The van der Waals surface area contributed by atoms with Gasteiger partial charge in [-0.1, -0.05) is 72.8 Å². The number of halogens is 1. The molecule has 38 heavy (non-hydrogen) atoms. The maximum Gasteiger partial charge on any atom is 0.228 e. The summed E-state index contributed by atoms with van der Waals surface area (Å²) in [5.74, 6) is -0.856. The van der Waals surface area contributed by atoms with E-state index in [2.05, 4.69) is 4.98 Å². The molecule has 0 atom stereocenters. The Labute approximate surface area is 222 Å². The summed E-state index contributed by atoms with van der Waals surface area (Å²) in [7, 11) is -2.31. The molecule has 0 aliphatic heterocycles. The van der Waals surface area contributed by atoms with Gasteiger partial charge in [0.2, 0.25) is 20.9 Å². The van der Waals surface area contributed by atoms with E-state index in [0.29, 0.717) is 24.4 Å². The molecular weight excluding hydrogens is 505 g/mol. The lowest BCUT2D eigenvalue weighted by atomic mass is 10.1. The van der Waals surface area contributed by atoms with E-state index in [1.54, 1.807) is 16.6 Å². The summed E-state index contributed by atoms with van der Waals surface area (Å²) >= 11 is 0. The first-order valence-corrected chi connectivity index (χ1v) is 13.9. The molecule has 3 aromatic carbocycles. The molecule has 0 bridgehead atoms. The first kappa shape index (κ1) is 27.2. The van der Waals surface area contributed by atoms with Crippen molar-refractivity contribution < 1.29 is 22.3 Å². The zero-order valence-electron chi connectivity index (χ0n) is 21.2. The Morgan fingerprint density at radius 1 is 0.921 bits per heavy atom. The Hall–Kier alpha value is -3.82. The molecule has 9 heteroatoms. The summed E-state index contributed by atoms with van der Waals surface area (Å²) in [6, 6.07) is 24.3. The number of rotatable bonds is 12. The van der Waals surface area contributed by atoms with Gasteiger partial charge in [-0.15, -0.1) is 0 Å². The van der Waals surface area contributed by atoms with Crippen molar-refractivity contribution in [1.29, 1.82) is 0 Å². The zero-order chi connectivity index (χ0) is 27.0. The molecule has 4 aromatic rings. The van der Waals surface area contributed by atoms with Crippen LogP contribution < -0.4 is 0 Å². The van der Waals surface area contributed by atoms with Gasteiger partial charge in [-0.3, -0.25) is 4.79 Å². The van der Waals surface area contributed by atoms with E-state index in [0.717, 1.165) is 11.1 Å². The van der Waals surface area contributed by atoms with E-state index in [4.69, 9.17) is 4.74 Å². The van der Waals surface area contributed by atoms with Gasteiger partial charge in [0.05, 0.1) is 43.8 Å². The van der Waals surface area contributed by atoms with Crippen molar-refractivity contribution in [2.24, 2.45) is 0 Å². The minimum absolute atomic E-state index is 0.0946. The molecule has 0 saturated heterocycles. The highest BCUT2D eigenvalue weighted by Gasteiger charge is 2.26. The lowest BCUT2D eigenvalue weighted by Gasteiger charge is -2.23. The van der Waals surface area contributed by atoms with E-state index in [1.807, 2.05) is 60.7 Å². The largest absolute Gasteiger partial charge is 0.383 e. The summed E-state index contributed by atoms with van der Waals surface area (Å²) in [4.78, 5) is 19.2. The van der Waals surface area contributed by atoms with Crippen molar-refractivity contribution in [2.45, 2.75) is 30.4 Å². The van der Waals surface area contributed by atoms with Crippen molar-refractivity contribution in [3.63, 3.8) is 0 Å². The molecule has 0 aliphatic carbocycles. The standard InChI is InChI=1S/C29H30FN3O4S/c1-37-17-16-32(28(34)18-23-8-4-2-5-9-23)21-27-19-31-29(33(27)20-24-10-6-3-7-11-24)38(35,36)22-25-12-14-26(30)15-13-25/h2-15,19H,16-18,20-22H2,1H3. The molecule has 0 saturated carbocycles. The van der Waals surface area contributed by atoms with Crippen LogP contribution in [0.4, 0.5) is 4.39 Å². The number of nitrogens with zero attached hydrogens (tertiary/aromatic N) is 3. The molecule has 0 unspecified atom stereocenters. The molecule has 0 fully saturated rings. The number of methoxy groups -OCH3 is 1. The lowest BCUT2D eigenvalue weighted by Crippen LogP contribution is -2.35. The smallest absolute Gasteiger partial charge is 0.228 e. The SMILES string of the molecule is COCCN(Cc1cnc(S(=O)(=O)Cc2ccc(F)cc2)n1Cc1ccccc1)C(=O)Cc1ccccc1. The highest BCUT2D eigenvalue weighted by Crippen LogP contribution is 2.21. The molecule has 0 spiro atoms. The van der Waals surface area contributed by atoms with Crippen molar-refractivity contribution in [2.75, 3.05) is 20.3 Å². The van der Waals surface area contributed by atoms with Crippen LogP contribution in [0.1, 0.15) is 22.4 Å². The van der Waals surface area contributed by atoms with Crippen LogP contribution in [0.5, 0.6) is 0 Å². The van der Waals surface area contributed by atoms with Crippen molar-refractivity contribution in [3.05, 3.63) is 119 Å². The Balaban J connectivity index is 1.66. The van der Waals surface area contributed by atoms with Gasteiger partial charge < -0.3 is 14.2 Å². The van der Waals surface area contributed by atoms with E-state index in [-0.39, 0.29) is 36.3 Å². The quantitative estimate of drug-likeness (QED) is 0.271. The Morgan fingerprint density at radius 3 is 2.18 bits per heavy atom. The highest BCUT2D eigenvalue weighted by atomic mass is 32.2. The number of amides is 1. The molecule has 1 amide bonds. The first-order valence-electron chi connectivity index (χ1n) is 12.2. The second-order valence-corrected chi connectivity index (χ2v) is 10.8. The summed E-state index contributed by atoms with van der Waals surface area (Å²) in [6.07, 6.45) is 1.73. The minimum atomic E-state index is -3.88. The van der Waals surface area contributed by atoms with Crippen LogP contribution >= 0.6 is 0 Å². The van der Waals surface area contributed by atoms with E-state index >= 15 is 0 Å². The topological polar surface area (TPSA) is 81.5 Å². The monoisotopic (exact) mass is 535 g/mol. The van der Waals surface area contributed by atoms with Crippen molar-refractivity contribution in [1.82, 2.24) is 14.5 Å². The zero-order valence-corrected chi connectivity index (χ0v) is 22.0. The normalized spacial score (nSPS) is 11.4. The third kappa shape index (κ3) is 7.14. The molecule has 1 heterocycles. The molecule has 0 radical (unpaired) electrons. The number of carbonyl (C=O) groups is 1. The van der Waals surface area contributed by atoms with E-state index in [9.17, 15) is 17.6 Å². The number of hydrogen-bond acceptors (Lipinski definition) is 5. The Bertz CT molecular complexity index is 1440. The third-order valence-corrected chi connectivity index (χ3v) is 7.70. The van der Waals surface area contributed by atoms with Crippen LogP contribution in [0.15, 0.2) is 96.3 Å². The molecule has 4 rings (SSSR count). The number of benzene rings is 3. The fraction of sp³-hybridized carbons (Fsp3) is 0.241. The maximum absolute atomic E-state index is 13.5. The van der Waals surface area contributed by atoms with Crippen LogP contribution in [0, 0.1) is 5.82 Å². The van der Waals surface area contributed by atoms with Gasteiger partial charge >= 0.3 is 0 Å². The van der Waals surface area contributed by atoms with Gasteiger partial charge in [0.15, 0.2) is 0 Å². The number of hydrogen-bond donors (Lipinski definition) is 0. The predicted octanol–water partition coefficient (Wildman–Crippen LogP) is 4.26.